The molecule has 2 rings (SSSR count). The summed E-state index contributed by atoms with van der Waals surface area (Å²) in [4.78, 5) is 14.2. The van der Waals surface area contributed by atoms with Gasteiger partial charge in [-0.15, -0.1) is 0 Å². The van der Waals surface area contributed by atoms with Gasteiger partial charge in [0.05, 0.1) is 31.9 Å². The average Bonchev–Trinajstić information content (AvgIpc) is 2.60. The SMILES string of the molecule is CCOC(=O)[C@H](C#N)[C@@H](/C=C\c1ccccc1)N1CCOCC1. The lowest BCUT2D eigenvalue weighted by molar-refractivity contribution is -0.148. The first-order valence-electron chi connectivity index (χ1n) is 7.87. The highest BCUT2D eigenvalue weighted by atomic mass is 16.5. The monoisotopic (exact) mass is 314 g/mol. The number of esters is 1. The number of ether oxygens (including phenoxy) is 2. The Morgan fingerprint density at radius 3 is 2.70 bits per heavy atom. The van der Waals surface area contributed by atoms with Gasteiger partial charge in [-0.25, -0.2) is 0 Å². The van der Waals surface area contributed by atoms with Gasteiger partial charge >= 0.3 is 5.97 Å². The van der Waals surface area contributed by atoms with Crippen molar-refractivity contribution < 1.29 is 14.3 Å². The molecule has 0 spiro atoms. The lowest BCUT2D eigenvalue weighted by Crippen LogP contribution is -2.48. The van der Waals surface area contributed by atoms with Crippen molar-refractivity contribution in [2.75, 3.05) is 32.9 Å². The molecule has 1 heterocycles. The molecule has 5 heteroatoms. The Morgan fingerprint density at radius 1 is 1.39 bits per heavy atom. The van der Waals surface area contributed by atoms with Crippen LogP contribution in [0.1, 0.15) is 12.5 Å². The number of morpholine rings is 1. The Labute approximate surface area is 137 Å². The summed E-state index contributed by atoms with van der Waals surface area (Å²) < 4.78 is 10.4. The smallest absolute Gasteiger partial charge is 0.325 e. The Bertz CT molecular complexity index is 559. The van der Waals surface area contributed by atoms with Gasteiger partial charge in [0.25, 0.3) is 0 Å². The van der Waals surface area contributed by atoms with Crippen molar-refractivity contribution in [2.24, 2.45) is 5.92 Å². The molecular formula is C18H22N2O3. The zero-order chi connectivity index (χ0) is 16.5. The first-order valence-corrected chi connectivity index (χ1v) is 7.87. The molecule has 5 nitrogen and oxygen atoms in total. The number of nitriles is 1. The second-order valence-electron chi connectivity index (χ2n) is 5.27. The summed E-state index contributed by atoms with van der Waals surface area (Å²) in [5, 5.41) is 9.48. The van der Waals surface area contributed by atoms with Gasteiger partial charge < -0.3 is 9.47 Å². The predicted molar refractivity (Wildman–Crippen MR) is 87.4 cm³/mol. The number of carbonyl (C=O) groups excluding carboxylic acids is 1. The van der Waals surface area contributed by atoms with Crippen LogP contribution in [0.4, 0.5) is 0 Å². The van der Waals surface area contributed by atoms with Crippen LogP contribution in [0, 0.1) is 17.2 Å². The minimum absolute atomic E-state index is 0.273. The maximum absolute atomic E-state index is 12.1. The summed E-state index contributed by atoms with van der Waals surface area (Å²) in [7, 11) is 0. The van der Waals surface area contributed by atoms with Crippen LogP contribution in [0.25, 0.3) is 6.08 Å². The molecule has 0 radical (unpaired) electrons. The van der Waals surface area contributed by atoms with E-state index >= 15 is 0 Å². The van der Waals surface area contributed by atoms with Crippen molar-refractivity contribution >= 4 is 12.0 Å². The molecule has 0 saturated carbocycles. The Hall–Kier alpha value is -2.16. The van der Waals surface area contributed by atoms with Crippen molar-refractivity contribution in [3.8, 4) is 6.07 Å². The molecule has 1 aromatic carbocycles. The average molecular weight is 314 g/mol. The Kier molecular flexibility index (Phi) is 6.79. The second-order valence-corrected chi connectivity index (χ2v) is 5.27. The van der Waals surface area contributed by atoms with Gasteiger partial charge in [-0.3, -0.25) is 9.69 Å². The summed E-state index contributed by atoms with van der Waals surface area (Å²) >= 11 is 0. The van der Waals surface area contributed by atoms with E-state index in [0.717, 1.165) is 5.56 Å². The third-order valence-electron chi connectivity index (χ3n) is 3.77. The van der Waals surface area contributed by atoms with E-state index in [1.54, 1.807) is 6.92 Å². The van der Waals surface area contributed by atoms with Gasteiger partial charge in [-0.05, 0) is 12.5 Å². The summed E-state index contributed by atoms with van der Waals surface area (Å²) in [6.07, 6.45) is 3.87. The van der Waals surface area contributed by atoms with Crippen LogP contribution in [-0.4, -0.2) is 49.8 Å². The molecule has 0 N–H and O–H groups in total. The lowest BCUT2D eigenvalue weighted by atomic mass is 9.98. The predicted octanol–water partition coefficient (Wildman–Crippen LogP) is 2.10. The highest BCUT2D eigenvalue weighted by molar-refractivity contribution is 5.77. The number of carbonyl (C=O) groups is 1. The molecule has 0 aromatic heterocycles. The molecule has 1 aromatic rings. The van der Waals surface area contributed by atoms with Crippen molar-refractivity contribution in [3.05, 3.63) is 42.0 Å². The molecule has 2 atom stereocenters. The van der Waals surface area contributed by atoms with Crippen LogP contribution in [0.15, 0.2) is 36.4 Å². The maximum Gasteiger partial charge on any atom is 0.325 e. The van der Waals surface area contributed by atoms with Crippen LogP contribution in [0.5, 0.6) is 0 Å². The number of benzene rings is 1. The highest BCUT2D eigenvalue weighted by Crippen LogP contribution is 2.18. The van der Waals surface area contributed by atoms with Crippen LogP contribution < -0.4 is 0 Å². The van der Waals surface area contributed by atoms with E-state index in [1.165, 1.54) is 0 Å². The van der Waals surface area contributed by atoms with Crippen LogP contribution >= 0.6 is 0 Å². The third-order valence-corrected chi connectivity index (χ3v) is 3.77. The minimum atomic E-state index is -0.840. The zero-order valence-electron chi connectivity index (χ0n) is 13.4. The number of hydrogen-bond donors (Lipinski definition) is 0. The van der Waals surface area contributed by atoms with Crippen LogP contribution in [0.2, 0.25) is 0 Å². The third kappa shape index (κ3) is 4.92. The van der Waals surface area contributed by atoms with Crippen LogP contribution in [-0.2, 0) is 14.3 Å². The molecular weight excluding hydrogens is 292 g/mol. The minimum Gasteiger partial charge on any atom is -0.465 e. The molecule has 1 aliphatic rings. The fraction of sp³-hybridized carbons (Fsp3) is 0.444. The van der Waals surface area contributed by atoms with Crippen molar-refractivity contribution in [1.82, 2.24) is 4.90 Å². The highest BCUT2D eigenvalue weighted by Gasteiger charge is 2.33. The summed E-state index contributed by atoms with van der Waals surface area (Å²) in [5.41, 5.74) is 1.03. The molecule has 0 amide bonds. The number of hydrogen-bond acceptors (Lipinski definition) is 5. The van der Waals surface area contributed by atoms with Gasteiger partial charge in [-0.2, -0.15) is 5.26 Å². The van der Waals surface area contributed by atoms with E-state index in [4.69, 9.17) is 9.47 Å². The normalized spacial score (nSPS) is 18.3. The lowest BCUT2D eigenvalue weighted by Gasteiger charge is -2.34. The molecule has 1 fully saturated rings. The molecule has 23 heavy (non-hydrogen) atoms. The van der Waals surface area contributed by atoms with Gasteiger partial charge in [0.15, 0.2) is 5.92 Å². The van der Waals surface area contributed by atoms with E-state index in [9.17, 15) is 10.1 Å². The largest absolute Gasteiger partial charge is 0.465 e. The van der Waals surface area contributed by atoms with Gasteiger partial charge in [0.2, 0.25) is 0 Å². The first kappa shape index (κ1) is 17.2. The summed E-state index contributed by atoms with van der Waals surface area (Å²) in [5.74, 6) is -1.31. The topological polar surface area (TPSA) is 62.6 Å². The van der Waals surface area contributed by atoms with Gasteiger partial charge in [0, 0.05) is 13.1 Å². The van der Waals surface area contributed by atoms with E-state index < -0.39 is 11.9 Å². The standard InChI is InChI=1S/C18H22N2O3/c1-2-23-18(21)16(14-19)17(20-10-12-22-13-11-20)9-8-15-6-4-3-5-7-15/h3-9,16-17H,2,10-13H2,1H3/b9-8-/t16-,17-/m1/s1. The van der Waals surface area contributed by atoms with Crippen molar-refractivity contribution in [1.29, 1.82) is 5.26 Å². The van der Waals surface area contributed by atoms with Crippen LogP contribution in [0.3, 0.4) is 0 Å². The molecule has 1 saturated heterocycles. The molecule has 0 aliphatic carbocycles. The fourth-order valence-electron chi connectivity index (χ4n) is 2.59. The van der Waals surface area contributed by atoms with E-state index in [1.807, 2.05) is 42.5 Å². The summed E-state index contributed by atoms with van der Waals surface area (Å²) in [6, 6.07) is 11.6. The van der Waals surface area contributed by atoms with Crippen molar-refractivity contribution in [3.63, 3.8) is 0 Å². The van der Waals surface area contributed by atoms with E-state index in [0.29, 0.717) is 26.3 Å². The molecule has 0 unspecified atom stereocenters. The molecule has 0 bridgehead atoms. The number of rotatable bonds is 6. The van der Waals surface area contributed by atoms with Crippen molar-refractivity contribution in [2.45, 2.75) is 13.0 Å². The van der Waals surface area contributed by atoms with Gasteiger partial charge in [0.1, 0.15) is 0 Å². The molecule has 122 valence electrons. The van der Waals surface area contributed by atoms with E-state index in [2.05, 4.69) is 11.0 Å². The Balaban J connectivity index is 2.21. The van der Waals surface area contributed by atoms with E-state index in [-0.39, 0.29) is 12.6 Å². The number of nitrogens with zero attached hydrogens (tertiary/aromatic N) is 2. The first-order chi connectivity index (χ1) is 11.3. The zero-order valence-corrected chi connectivity index (χ0v) is 13.4. The summed E-state index contributed by atoms with van der Waals surface area (Å²) in [6.45, 7) is 4.63. The maximum atomic E-state index is 12.1. The second kappa shape index (κ2) is 9.09. The fourth-order valence-corrected chi connectivity index (χ4v) is 2.59. The Morgan fingerprint density at radius 2 is 2.09 bits per heavy atom. The van der Waals surface area contributed by atoms with Gasteiger partial charge in [-0.1, -0.05) is 42.5 Å². The molecule has 1 aliphatic heterocycles. The quantitative estimate of drug-likeness (QED) is 0.753.